The van der Waals surface area contributed by atoms with E-state index in [1.165, 1.54) is 12.1 Å². The van der Waals surface area contributed by atoms with Crippen molar-refractivity contribution in [1.82, 2.24) is 0 Å². The fourth-order valence-electron chi connectivity index (χ4n) is 3.25. The Morgan fingerprint density at radius 1 is 1.21 bits per heavy atom. The van der Waals surface area contributed by atoms with Crippen LogP contribution in [0.2, 0.25) is 5.02 Å². The van der Waals surface area contributed by atoms with Gasteiger partial charge in [-0.1, -0.05) is 23.7 Å². The lowest BCUT2D eigenvalue weighted by Crippen LogP contribution is -2.25. The van der Waals surface area contributed by atoms with Gasteiger partial charge in [-0.15, -0.1) is 0 Å². The summed E-state index contributed by atoms with van der Waals surface area (Å²) in [4.78, 5) is 10.6. The van der Waals surface area contributed by atoms with Gasteiger partial charge in [-0.3, -0.25) is 0 Å². The number of aryl methyl sites for hydroxylation is 1. The van der Waals surface area contributed by atoms with Gasteiger partial charge < -0.3 is 14.6 Å². The number of alkyl halides is 3. The molecule has 1 atom stereocenters. The highest BCUT2D eigenvalue weighted by Gasteiger charge is 2.34. The van der Waals surface area contributed by atoms with E-state index in [0.717, 1.165) is 17.2 Å². The molecule has 0 heterocycles. The number of ether oxygens (including phenoxy) is 2. The van der Waals surface area contributed by atoms with E-state index < -0.39 is 17.7 Å². The maximum atomic E-state index is 13.2. The van der Waals surface area contributed by atoms with Gasteiger partial charge in [0, 0.05) is 10.6 Å². The van der Waals surface area contributed by atoms with Gasteiger partial charge in [0.1, 0.15) is 19.0 Å². The van der Waals surface area contributed by atoms with Crippen molar-refractivity contribution in [3.05, 3.63) is 63.7 Å². The molecule has 8 heteroatoms. The second-order valence-electron chi connectivity index (χ2n) is 6.55. The average molecular weight is 415 g/mol. The average Bonchev–Trinajstić information content (AvgIpc) is 2.64. The SMILES string of the molecule is O=C(O)COC1CCc2cc(OCc3c(Cl)cccc3C(F)(F)F)ccc2C1. The number of aliphatic carboxylic acids is 1. The standard InChI is InChI=1S/C20H18ClF3O4/c21-18-3-1-2-17(20(22,23)24)16(18)10-27-14-6-4-13-9-15(28-11-19(25)26)7-5-12(13)8-14/h1-4,6,8,15H,5,7,9-11H2,(H,25,26). The molecule has 2 aromatic rings. The number of rotatable bonds is 6. The summed E-state index contributed by atoms with van der Waals surface area (Å²) >= 11 is 5.95. The first-order chi connectivity index (χ1) is 13.2. The van der Waals surface area contributed by atoms with Crippen LogP contribution in [-0.4, -0.2) is 23.8 Å². The molecule has 1 aliphatic carbocycles. The van der Waals surface area contributed by atoms with Crippen LogP contribution in [0.1, 0.15) is 28.7 Å². The number of fused-ring (bicyclic) bond motifs is 1. The molecule has 0 bridgehead atoms. The van der Waals surface area contributed by atoms with E-state index in [9.17, 15) is 18.0 Å². The number of carboxylic acid groups (broad SMARTS) is 1. The largest absolute Gasteiger partial charge is 0.489 e. The van der Waals surface area contributed by atoms with E-state index in [0.29, 0.717) is 25.0 Å². The second-order valence-corrected chi connectivity index (χ2v) is 6.96. The fourth-order valence-corrected chi connectivity index (χ4v) is 3.47. The number of carboxylic acids is 1. The van der Waals surface area contributed by atoms with Crippen LogP contribution in [0.15, 0.2) is 36.4 Å². The van der Waals surface area contributed by atoms with Crippen molar-refractivity contribution in [3.8, 4) is 5.75 Å². The second kappa shape index (κ2) is 8.41. The Hall–Kier alpha value is -2.25. The third-order valence-corrected chi connectivity index (χ3v) is 4.97. The van der Waals surface area contributed by atoms with E-state index in [1.54, 1.807) is 12.1 Å². The molecule has 0 spiro atoms. The molecule has 150 valence electrons. The molecule has 0 fully saturated rings. The minimum absolute atomic E-state index is 0.00575. The quantitative estimate of drug-likeness (QED) is 0.730. The topological polar surface area (TPSA) is 55.8 Å². The Kier molecular flexibility index (Phi) is 6.15. The summed E-state index contributed by atoms with van der Waals surface area (Å²) in [6.45, 7) is -0.627. The molecule has 1 N–H and O–H groups in total. The van der Waals surface area contributed by atoms with Crippen molar-refractivity contribution < 1.29 is 32.5 Å². The summed E-state index contributed by atoms with van der Waals surface area (Å²) in [7, 11) is 0. The van der Waals surface area contributed by atoms with Gasteiger partial charge in [-0.05, 0) is 54.7 Å². The molecule has 1 aliphatic rings. The zero-order chi connectivity index (χ0) is 20.3. The Morgan fingerprint density at radius 2 is 2.00 bits per heavy atom. The predicted octanol–water partition coefficient (Wildman–Crippen LogP) is 4.90. The van der Waals surface area contributed by atoms with E-state index in [4.69, 9.17) is 26.2 Å². The van der Waals surface area contributed by atoms with Gasteiger partial charge in [0.05, 0.1) is 11.7 Å². The highest BCUT2D eigenvalue weighted by molar-refractivity contribution is 6.31. The number of carbonyl (C=O) groups is 1. The first-order valence-corrected chi connectivity index (χ1v) is 9.04. The third-order valence-electron chi connectivity index (χ3n) is 4.61. The van der Waals surface area contributed by atoms with Gasteiger partial charge >= 0.3 is 12.1 Å². The van der Waals surface area contributed by atoms with Gasteiger partial charge in [0.25, 0.3) is 0 Å². The van der Waals surface area contributed by atoms with E-state index in [1.807, 2.05) is 6.07 Å². The highest BCUT2D eigenvalue weighted by atomic mass is 35.5. The van der Waals surface area contributed by atoms with E-state index >= 15 is 0 Å². The van der Waals surface area contributed by atoms with Crippen LogP contribution in [0.4, 0.5) is 13.2 Å². The lowest BCUT2D eigenvalue weighted by atomic mass is 9.89. The van der Waals surface area contributed by atoms with Crippen LogP contribution in [0.3, 0.4) is 0 Å². The number of hydrogen-bond donors (Lipinski definition) is 1. The van der Waals surface area contributed by atoms with Gasteiger partial charge in [0.15, 0.2) is 0 Å². The summed E-state index contributed by atoms with van der Waals surface area (Å²) < 4.78 is 50.4. The summed E-state index contributed by atoms with van der Waals surface area (Å²) in [6.07, 6.45) is -2.73. The zero-order valence-electron chi connectivity index (χ0n) is 14.8. The van der Waals surface area contributed by atoms with E-state index in [2.05, 4.69) is 0 Å². The summed E-state index contributed by atoms with van der Waals surface area (Å²) in [5, 5.41) is 8.70. The first-order valence-electron chi connectivity index (χ1n) is 8.66. The summed E-state index contributed by atoms with van der Waals surface area (Å²) in [6, 6.07) is 8.96. The molecule has 0 amide bonds. The molecule has 0 saturated carbocycles. The van der Waals surface area contributed by atoms with Gasteiger partial charge in [-0.2, -0.15) is 13.2 Å². The van der Waals surface area contributed by atoms with Crippen molar-refractivity contribution in [2.75, 3.05) is 6.61 Å². The lowest BCUT2D eigenvalue weighted by molar-refractivity contribution is -0.144. The van der Waals surface area contributed by atoms with Crippen molar-refractivity contribution in [2.45, 2.75) is 38.1 Å². The Morgan fingerprint density at radius 3 is 2.71 bits per heavy atom. The zero-order valence-corrected chi connectivity index (χ0v) is 15.5. The predicted molar refractivity (Wildman–Crippen MR) is 96.6 cm³/mol. The minimum Gasteiger partial charge on any atom is -0.489 e. The normalized spacial score (nSPS) is 16.5. The van der Waals surface area contributed by atoms with Crippen LogP contribution in [0, 0.1) is 0 Å². The maximum absolute atomic E-state index is 13.2. The first kappa shape index (κ1) is 20.5. The van der Waals surface area contributed by atoms with Crippen molar-refractivity contribution in [2.24, 2.45) is 0 Å². The van der Waals surface area contributed by atoms with Crippen molar-refractivity contribution in [3.63, 3.8) is 0 Å². The van der Waals surface area contributed by atoms with Gasteiger partial charge in [0.2, 0.25) is 0 Å². The van der Waals surface area contributed by atoms with Crippen LogP contribution >= 0.6 is 11.6 Å². The third kappa shape index (κ3) is 4.97. The van der Waals surface area contributed by atoms with E-state index in [-0.39, 0.29) is 29.9 Å². The molecule has 0 aliphatic heterocycles. The molecule has 0 saturated heterocycles. The smallest absolute Gasteiger partial charge is 0.416 e. The van der Waals surface area contributed by atoms with Crippen LogP contribution in [0.25, 0.3) is 0 Å². The van der Waals surface area contributed by atoms with Crippen molar-refractivity contribution in [1.29, 1.82) is 0 Å². The van der Waals surface area contributed by atoms with Gasteiger partial charge in [-0.25, -0.2) is 4.79 Å². The highest BCUT2D eigenvalue weighted by Crippen LogP contribution is 2.36. The molecule has 28 heavy (non-hydrogen) atoms. The van der Waals surface area contributed by atoms with Crippen molar-refractivity contribution >= 4 is 17.6 Å². The Labute approximate surface area is 164 Å². The Balaban J connectivity index is 1.69. The fraction of sp³-hybridized carbons (Fsp3) is 0.350. The molecule has 1 unspecified atom stereocenters. The molecule has 0 aromatic heterocycles. The maximum Gasteiger partial charge on any atom is 0.416 e. The van der Waals surface area contributed by atoms with Crippen LogP contribution in [-0.2, 0) is 35.2 Å². The van der Waals surface area contributed by atoms with Crippen LogP contribution < -0.4 is 4.74 Å². The molecule has 4 nitrogen and oxygen atoms in total. The molecule has 3 rings (SSSR count). The number of halogens is 4. The summed E-state index contributed by atoms with van der Waals surface area (Å²) in [5.74, 6) is -0.552. The van der Waals surface area contributed by atoms with Crippen LogP contribution in [0.5, 0.6) is 5.75 Å². The monoisotopic (exact) mass is 414 g/mol. The minimum atomic E-state index is -4.51. The molecular formula is C20H18ClF3O4. The Bertz CT molecular complexity index is 867. The molecule has 0 radical (unpaired) electrons. The summed E-state index contributed by atoms with van der Waals surface area (Å²) in [5.41, 5.74) is 1.12. The molecule has 2 aromatic carbocycles. The lowest BCUT2D eigenvalue weighted by Gasteiger charge is -2.25. The molecular weight excluding hydrogens is 397 g/mol. The number of benzene rings is 2. The number of hydrogen-bond acceptors (Lipinski definition) is 3.